The van der Waals surface area contributed by atoms with Gasteiger partial charge in [-0.05, 0) is 48.7 Å². The van der Waals surface area contributed by atoms with Crippen LogP contribution in [0.3, 0.4) is 0 Å². The second-order valence-corrected chi connectivity index (χ2v) is 5.63. The van der Waals surface area contributed by atoms with Crippen molar-refractivity contribution in [3.8, 4) is 0 Å². The topological polar surface area (TPSA) is 15.3 Å². The molecule has 0 unspecified atom stereocenters. The van der Waals surface area contributed by atoms with Gasteiger partial charge in [-0.15, -0.1) is 0 Å². The van der Waals surface area contributed by atoms with Crippen molar-refractivity contribution in [2.45, 2.75) is 33.4 Å². The Morgan fingerprint density at radius 2 is 1.81 bits per heavy atom. The number of hydrogen-bond acceptors (Lipinski definition) is 2. The van der Waals surface area contributed by atoms with Crippen LogP contribution in [0.2, 0.25) is 0 Å². The van der Waals surface area contributed by atoms with Gasteiger partial charge in [-0.25, -0.2) is 0 Å². The normalized spacial score (nSPS) is 10.6. The molecular weight excluding hydrogens is 256 g/mol. The van der Waals surface area contributed by atoms with E-state index in [1.54, 1.807) is 0 Å². The maximum absolute atomic E-state index is 3.47. The quantitative estimate of drug-likeness (QED) is 0.768. The van der Waals surface area contributed by atoms with Crippen LogP contribution < -0.4 is 10.2 Å². The van der Waals surface area contributed by atoms with Crippen LogP contribution in [-0.2, 0) is 13.1 Å². The zero-order valence-electron chi connectivity index (χ0n) is 13.4. The molecule has 0 saturated carbocycles. The van der Waals surface area contributed by atoms with Gasteiger partial charge in [0.1, 0.15) is 0 Å². The highest BCUT2D eigenvalue weighted by Crippen LogP contribution is 2.20. The van der Waals surface area contributed by atoms with Crippen LogP contribution in [0, 0.1) is 6.92 Å². The van der Waals surface area contributed by atoms with E-state index < -0.39 is 0 Å². The van der Waals surface area contributed by atoms with E-state index in [9.17, 15) is 0 Å². The third kappa shape index (κ3) is 4.61. The van der Waals surface area contributed by atoms with Crippen LogP contribution in [0.15, 0.2) is 48.5 Å². The van der Waals surface area contributed by atoms with Crippen molar-refractivity contribution < 1.29 is 0 Å². The Morgan fingerprint density at radius 3 is 2.48 bits per heavy atom. The Balaban J connectivity index is 2.01. The van der Waals surface area contributed by atoms with Gasteiger partial charge in [0, 0.05) is 25.8 Å². The molecule has 0 saturated heterocycles. The molecule has 2 aromatic rings. The molecule has 0 aromatic heterocycles. The first-order valence-electron chi connectivity index (χ1n) is 7.76. The van der Waals surface area contributed by atoms with Crippen LogP contribution in [0.25, 0.3) is 0 Å². The molecule has 0 fully saturated rings. The molecule has 0 heterocycles. The van der Waals surface area contributed by atoms with E-state index in [1.165, 1.54) is 28.8 Å². The number of nitrogens with zero attached hydrogens (tertiary/aromatic N) is 1. The first-order chi connectivity index (χ1) is 10.2. The Hall–Kier alpha value is -1.80. The second-order valence-electron chi connectivity index (χ2n) is 5.63. The van der Waals surface area contributed by atoms with Gasteiger partial charge in [-0.2, -0.15) is 0 Å². The maximum Gasteiger partial charge on any atom is 0.0426 e. The fourth-order valence-electron chi connectivity index (χ4n) is 2.46. The number of hydrogen-bond donors (Lipinski definition) is 1. The molecule has 2 heteroatoms. The average molecular weight is 282 g/mol. The monoisotopic (exact) mass is 282 g/mol. The minimum atomic E-state index is 0.938. The van der Waals surface area contributed by atoms with Crippen molar-refractivity contribution in [2.75, 3.05) is 18.5 Å². The molecule has 2 nitrogen and oxygen atoms in total. The highest BCUT2D eigenvalue weighted by Gasteiger charge is 2.05. The number of rotatable bonds is 7. The molecule has 0 aliphatic rings. The molecule has 0 aliphatic carbocycles. The molecule has 0 spiro atoms. The maximum atomic E-state index is 3.47. The van der Waals surface area contributed by atoms with Crippen molar-refractivity contribution in [3.05, 3.63) is 65.2 Å². The summed E-state index contributed by atoms with van der Waals surface area (Å²) in [6.45, 7) is 7.37. The predicted molar refractivity (Wildman–Crippen MR) is 91.7 cm³/mol. The van der Waals surface area contributed by atoms with Crippen molar-refractivity contribution in [2.24, 2.45) is 0 Å². The van der Waals surface area contributed by atoms with Crippen molar-refractivity contribution in [3.63, 3.8) is 0 Å². The number of anilines is 1. The standard InChI is InChI=1S/C19H26N2/c1-4-12-20-14-18-10-11-19(13-16(18)2)21(3)15-17-8-6-5-7-9-17/h5-11,13,20H,4,12,14-15H2,1-3H3. The molecular formula is C19H26N2. The van der Waals surface area contributed by atoms with Crippen LogP contribution in [0.4, 0.5) is 5.69 Å². The smallest absolute Gasteiger partial charge is 0.0426 e. The first-order valence-corrected chi connectivity index (χ1v) is 7.76. The van der Waals surface area contributed by atoms with Gasteiger partial charge < -0.3 is 10.2 Å². The molecule has 2 aromatic carbocycles. The molecule has 0 aliphatic heterocycles. The van der Waals surface area contributed by atoms with Crippen molar-refractivity contribution in [1.29, 1.82) is 0 Å². The summed E-state index contributed by atoms with van der Waals surface area (Å²) in [4.78, 5) is 2.30. The molecule has 21 heavy (non-hydrogen) atoms. The van der Waals surface area contributed by atoms with Gasteiger partial charge in [-0.1, -0.05) is 43.3 Å². The van der Waals surface area contributed by atoms with Crippen molar-refractivity contribution >= 4 is 5.69 Å². The summed E-state index contributed by atoms with van der Waals surface area (Å²) >= 11 is 0. The molecule has 0 radical (unpaired) electrons. The van der Waals surface area contributed by atoms with E-state index in [4.69, 9.17) is 0 Å². The summed E-state index contributed by atoms with van der Waals surface area (Å²) in [7, 11) is 2.15. The SMILES string of the molecule is CCCNCc1ccc(N(C)Cc2ccccc2)cc1C. The van der Waals surface area contributed by atoms with Crippen LogP contribution in [0.1, 0.15) is 30.0 Å². The lowest BCUT2D eigenvalue weighted by atomic mass is 10.1. The van der Waals surface area contributed by atoms with Gasteiger partial charge in [0.2, 0.25) is 0 Å². The summed E-state index contributed by atoms with van der Waals surface area (Å²) in [5, 5.41) is 3.47. The highest BCUT2D eigenvalue weighted by atomic mass is 15.1. The van der Waals surface area contributed by atoms with Crippen LogP contribution in [0.5, 0.6) is 0 Å². The third-order valence-electron chi connectivity index (χ3n) is 3.77. The minimum absolute atomic E-state index is 0.938. The van der Waals surface area contributed by atoms with Gasteiger partial charge in [0.15, 0.2) is 0 Å². The molecule has 2 rings (SSSR count). The van der Waals surface area contributed by atoms with Gasteiger partial charge in [-0.3, -0.25) is 0 Å². The van der Waals surface area contributed by atoms with E-state index in [0.717, 1.165) is 19.6 Å². The summed E-state index contributed by atoms with van der Waals surface area (Å²) in [5.41, 5.74) is 5.36. The molecule has 0 atom stereocenters. The largest absolute Gasteiger partial charge is 0.370 e. The summed E-state index contributed by atoms with van der Waals surface area (Å²) in [6.07, 6.45) is 1.18. The summed E-state index contributed by atoms with van der Waals surface area (Å²) < 4.78 is 0. The Morgan fingerprint density at radius 1 is 1.05 bits per heavy atom. The first kappa shape index (κ1) is 15.6. The Kier molecular flexibility index (Phi) is 5.82. The second kappa shape index (κ2) is 7.84. The van der Waals surface area contributed by atoms with Crippen molar-refractivity contribution in [1.82, 2.24) is 5.32 Å². The van der Waals surface area contributed by atoms with Crippen LogP contribution in [-0.4, -0.2) is 13.6 Å². The summed E-state index contributed by atoms with van der Waals surface area (Å²) in [6, 6.07) is 17.3. The van der Waals surface area contributed by atoms with E-state index in [1.807, 2.05) is 0 Å². The van der Waals surface area contributed by atoms with E-state index in [0.29, 0.717) is 0 Å². The van der Waals surface area contributed by atoms with E-state index >= 15 is 0 Å². The Labute approximate surface area is 128 Å². The lowest BCUT2D eigenvalue weighted by Crippen LogP contribution is -2.17. The van der Waals surface area contributed by atoms with Crippen LogP contribution >= 0.6 is 0 Å². The molecule has 1 N–H and O–H groups in total. The zero-order valence-corrected chi connectivity index (χ0v) is 13.4. The number of aryl methyl sites for hydroxylation is 1. The molecule has 0 amide bonds. The third-order valence-corrected chi connectivity index (χ3v) is 3.77. The van der Waals surface area contributed by atoms with E-state index in [-0.39, 0.29) is 0 Å². The summed E-state index contributed by atoms with van der Waals surface area (Å²) in [5.74, 6) is 0. The lowest BCUT2D eigenvalue weighted by Gasteiger charge is -2.21. The average Bonchev–Trinajstić information content (AvgIpc) is 2.50. The fourth-order valence-corrected chi connectivity index (χ4v) is 2.46. The minimum Gasteiger partial charge on any atom is -0.370 e. The number of benzene rings is 2. The van der Waals surface area contributed by atoms with Gasteiger partial charge in [0.25, 0.3) is 0 Å². The van der Waals surface area contributed by atoms with E-state index in [2.05, 4.69) is 79.6 Å². The zero-order chi connectivity index (χ0) is 15.1. The van der Waals surface area contributed by atoms with Gasteiger partial charge >= 0.3 is 0 Å². The molecule has 112 valence electrons. The predicted octanol–water partition coefficient (Wildman–Crippen LogP) is 4.13. The molecule has 0 bridgehead atoms. The number of nitrogens with one attached hydrogen (secondary N) is 1. The lowest BCUT2D eigenvalue weighted by molar-refractivity contribution is 0.673. The van der Waals surface area contributed by atoms with Gasteiger partial charge in [0.05, 0.1) is 0 Å². The Bertz CT molecular complexity index is 549. The highest BCUT2D eigenvalue weighted by molar-refractivity contribution is 5.50. The fraction of sp³-hybridized carbons (Fsp3) is 0.368.